The molecule has 4 nitrogen and oxygen atoms in total. The third-order valence-electron chi connectivity index (χ3n) is 3.71. The van der Waals surface area contributed by atoms with Gasteiger partial charge in [-0.3, -0.25) is 9.59 Å². The van der Waals surface area contributed by atoms with E-state index in [9.17, 15) is 14.0 Å². The monoisotopic (exact) mass is 363 g/mol. The molecule has 0 aromatic heterocycles. The molecule has 1 amide bonds. The Kier molecular flexibility index (Phi) is 6.53. The van der Waals surface area contributed by atoms with Crippen molar-refractivity contribution < 1.29 is 18.7 Å². The Bertz CT molecular complexity index is 752. The number of esters is 1. The van der Waals surface area contributed by atoms with E-state index in [2.05, 4.69) is 5.32 Å². The van der Waals surface area contributed by atoms with Gasteiger partial charge in [0.05, 0.1) is 17.1 Å². The zero-order chi connectivity index (χ0) is 18.4. The van der Waals surface area contributed by atoms with Crippen molar-refractivity contribution in [2.24, 2.45) is 0 Å². The molecule has 0 saturated carbocycles. The maximum absolute atomic E-state index is 13.0. The molecule has 6 heteroatoms. The van der Waals surface area contributed by atoms with Crippen LogP contribution in [0.4, 0.5) is 10.1 Å². The van der Waals surface area contributed by atoms with Crippen molar-refractivity contribution in [3.05, 3.63) is 64.9 Å². The molecule has 0 aliphatic rings. The second-order valence-electron chi connectivity index (χ2n) is 5.76. The minimum atomic E-state index is -0.989. The van der Waals surface area contributed by atoms with Crippen LogP contribution < -0.4 is 5.32 Å². The highest BCUT2D eigenvalue weighted by atomic mass is 35.5. The molecule has 0 radical (unpaired) electrons. The quantitative estimate of drug-likeness (QED) is 0.766. The number of hydrogen-bond donors (Lipinski definition) is 1. The summed E-state index contributed by atoms with van der Waals surface area (Å²) >= 11 is 5.86. The molecule has 2 aromatic rings. The van der Waals surface area contributed by atoms with Gasteiger partial charge in [0.2, 0.25) is 0 Å². The first-order chi connectivity index (χ1) is 11.9. The van der Waals surface area contributed by atoms with Gasteiger partial charge >= 0.3 is 5.97 Å². The number of rotatable bonds is 6. The van der Waals surface area contributed by atoms with Gasteiger partial charge < -0.3 is 10.1 Å². The summed E-state index contributed by atoms with van der Waals surface area (Å²) in [5, 5.41) is 2.59. The van der Waals surface area contributed by atoms with E-state index in [0.29, 0.717) is 0 Å². The molecule has 0 heterocycles. The van der Waals surface area contributed by atoms with Crippen molar-refractivity contribution >= 4 is 29.2 Å². The minimum Gasteiger partial charge on any atom is -0.453 e. The molecular weight excluding hydrogens is 345 g/mol. The van der Waals surface area contributed by atoms with E-state index in [1.807, 2.05) is 37.3 Å². The standard InChI is InChI=1S/C19H19ClFNO3/c1-12(14-6-4-3-5-7-14)10-18(23)25-13(2)19(24)22-17-9-8-15(21)11-16(17)20/h3-9,11-13H,10H2,1-2H3,(H,22,24)/t12-,13+/m1/s1. The van der Waals surface area contributed by atoms with E-state index in [1.165, 1.54) is 19.1 Å². The molecule has 0 aliphatic heterocycles. The number of hydrogen-bond acceptors (Lipinski definition) is 3. The van der Waals surface area contributed by atoms with Crippen molar-refractivity contribution in [1.82, 2.24) is 0 Å². The highest BCUT2D eigenvalue weighted by Gasteiger charge is 2.20. The van der Waals surface area contributed by atoms with Gasteiger partial charge in [0.25, 0.3) is 5.91 Å². The van der Waals surface area contributed by atoms with Crippen LogP contribution in [0.2, 0.25) is 5.02 Å². The van der Waals surface area contributed by atoms with Crippen LogP contribution in [0.15, 0.2) is 48.5 Å². The Labute approximate surface area is 150 Å². The fourth-order valence-electron chi connectivity index (χ4n) is 2.27. The largest absolute Gasteiger partial charge is 0.453 e. The molecule has 0 spiro atoms. The van der Waals surface area contributed by atoms with Crippen molar-refractivity contribution in [3.8, 4) is 0 Å². The Morgan fingerprint density at radius 2 is 1.84 bits per heavy atom. The minimum absolute atomic E-state index is 0.0181. The van der Waals surface area contributed by atoms with Crippen LogP contribution in [0.1, 0.15) is 31.7 Å². The molecule has 1 N–H and O–H groups in total. The normalized spacial score (nSPS) is 13.0. The Morgan fingerprint density at radius 3 is 2.48 bits per heavy atom. The zero-order valence-corrected chi connectivity index (χ0v) is 14.7. The lowest BCUT2D eigenvalue weighted by molar-refractivity contribution is -0.153. The molecule has 25 heavy (non-hydrogen) atoms. The van der Waals surface area contributed by atoms with Gasteiger partial charge in [-0.2, -0.15) is 0 Å². The van der Waals surface area contributed by atoms with E-state index in [4.69, 9.17) is 16.3 Å². The number of anilines is 1. The molecule has 2 aromatic carbocycles. The molecule has 2 rings (SSSR count). The summed E-state index contributed by atoms with van der Waals surface area (Å²) in [5.74, 6) is -1.52. The molecule has 0 unspecified atom stereocenters. The summed E-state index contributed by atoms with van der Waals surface area (Å²) < 4.78 is 18.2. The van der Waals surface area contributed by atoms with Gasteiger partial charge in [0.1, 0.15) is 5.82 Å². The zero-order valence-electron chi connectivity index (χ0n) is 14.0. The topological polar surface area (TPSA) is 55.4 Å². The van der Waals surface area contributed by atoms with E-state index in [-0.39, 0.29) is 23.0 Å². The number of ether oxygens (including phenoxy) is 1. The van der Waals surface area contributed by atoms with Gasteiger partial charge in [-0.15, -0.1) is 0 Å². The number of carbonyl (C=O) groups is 2. The smallest absolute Gasteiger partial charge is 0.307 e. The van der Waals surface area contributed by atoms with Crippen molar-refractivity contribution in [1.29, 1.82) is 0 Å². The van der Waals surface area contributed by atoms with E-state index >= 15 is 0 Å². The molecular formula is C19H19ClFNO3. The fourth-order valence-corrected chi connectivity index (χ4v) is 2.49. The Morgan fingerprint density at radius 1 is 1.16 bits per heavy atom. The summed E-state index contributed by atoms with van der Waals surface area (Å²) in [6, 6.07) is 13.2. The van der Waals surface area contributed by atoms with Crippen LogP contribution in [0.25, 0.3) is 0 Å². The predicted octanol–water partition coefficient (Wildman–Crippen LogP) is 4.54. The van der Waals surface area contributed by atoms with E-state index < -0.39 is 23.8 Å². The highest BCUT2D eigenvalue weighted by Crippen LogP contribution is 2.23. The van der Waals surface area contributed by atoms with Crippen LogP contribution in [-0.4, -0.2) is 18.0 Å². The van der Waals surface area contributed by atoms with Crippen LogP contribution in [0.5, 0.6) is 0 Å². The van der Waals surface area contributed by atoms with Gasteiger partial charge in [-0.05, 0) is 36.6 Å². The summed E-state index contributed by atoms with van der Waals surface area (Å²) in [6.45, 7) is 3.39. The summed E-state index contributed by atoms with van der Waals surface area (Å²) in [7, 11) is 0. The van der Waals surface area contributed by atoms with Crippen LogP contribution in [0, 0.1) is 5.82 Å². The Hall–Kier alpha value is -2.40. The second-order valence-corrected chi connectivity index (χ2v) is 6.17. The van der Waals surface area contributed by atoms with Crippen molar-refractivity contribution in [2.45, 2.75) is 32.3 Å². The van der Waals surface area contributed by atoms with Crippen LogP contribution >= 0.6 is 11.6 Å². The number of amides is 1. The van der Waals surface area contributed by atoms with Crippen LogP contribution in [0.3, 0.4) is 0 Å². The number of halogens is 2. The van der Waals surface area contributed by atoms with E-state index in [0.717, 1.165) is 11.6 Å². The van der Waals surface area contributed by atoms with Gasteiger partial charge in [-0.25, -0.2) is 4.39 Å². The van der Waals surface area contributed by atoms with Gasteiger partial charge in [0.15, 0.2) is 6.10 Å². The van der Waals surface area contributed by atoms with Crippen molar-refractivity contribution in [2.75, 3.05) is 5.32 Å². The second kappa shape index (κ2) is 8.62. The average Bonchev–Trinajstić information content (AvgIpc) is 2.57. The lowest BCUT2D eigenvalue weighted by Gasteiger charge is -2.16. The van der Waals surface area contributed by atoms with Crippen LogP contribution in [-0.2, 0) is 14.3 Å². The first kappa shape index (κ1) is 18.9. The van der Waals surface area contributed by atoms with E-state index in [1.54, 1.807) is 0 Å². The van der Waals surface area contributed by atoms with Gasteiger partial charge in [0, 0.05) is 0 Å². The summed E-state index contributed by atoms with van der Waals surface area (Å²) in [4.78, 5) is 24.1. The lowest BCUT2D eigenvalue weighted by Crippen LogP contribution is -2.30. The number of carbonyl (C=O) groups excluding carboxylic acids is 2. The first-order valence-corrected chi connectivity index (χ1v) is 8.25. The molecule has 0 aliphatic carbocycles. The molecule has 0 bridgehead atoms. The lowest BCUT2D eigenvalue weighted by atomic mass is 9.98. The summed E-state index contributed by atoms with van der Waals surface area (Å²) in [6.07, 6.45) is -0.824. The fraction of sp³-hybridized carbons (Fsp3) is 0.263. The third kappa shape index (κ3) is 5.57. The average molecular weight is 364 g/mol. The number of benzene rings is 2. The predicted molar refractivity (Wildman–Crippen MR) is 95.1 cm³/mol. The maximum atomic E-state index is 13.0. The highest BCUT2D eigenvalue weighted by molar-refractivity contribution is 6.33. The Balaban J connectivity index is 1.88. The first-order valence-electron chi connectivity index (χ1n) is 7.87. The molecule has 132 valence electrons. The number of nitrogens with one attached hydrogen (secondary N) is 1. The third-order valence-corrected chi connectivity index (χ3v) is 4.02. The maximum Gasteiger partial charge on any atom is 0.307 e. The molecule has 0 fully saturated rings. The van der Waals surface area contributed by atoms with Gasteiger partial charge in [-0.1, -0.05) is 48.9 Å². The SMILES string of the molecule is C[C@H](OC(=O)C[C@@H](C)c1ccccc1)C(=O)Nc1ccc(F)cc1Cl. The summed E-state index contributed by atoms with van der Waals surface area (Å²) in [5.41, 5.74) is 1.28. The molecule has 0 saturated heterocycles. The molecule has 2 atom stereocenters. The van der Waals surface area contributed by atoms with Crippen molar-refractivity contribution in [3.63, 3.8) is 0 Å².